The first-order valence-electron chi connectivity index (χ1n) is 7.98. The van der Waals surface area contributed by atoms with Gasteiger partial charge in [0.05, 0.1) is 24.5 Å². The van der Waals surface area contributed by atoms with Crippen LogP contribution in [0.3, 0.4) is 0 Å². The summed E-state index contributed by atoms with van der Waals surface area (Å²) in [7, 11) is -3.41. The summed E-state index contributed by atoms with van der Waals surface area (Å²) in [6.07, 6.45) is 5.10. The number of nitrogens with zero attached hydrogens (tertiary/aromatic N) is 2. The molecule has 2 heterocycles. The number of fused-ring (bicyclic) bond motifs is 1. The lowest BCUT2D eigenvalue weighted by Gasteiger charge is -2.26. The highest BCUT2D eigenvalue weighted by molar-refractivity contribution is 7.90. The molecule has 0 aromatic heterocycles. The van der Waals surface area contributed by atoms with Gasteiger partial charge in [0.1, 0.15) is 11.6 Å². The second kappa shape index (κ2) is 7.92. The zero-order valence-corrected chi connectivity index (χ0v) is 15.4. The maximum atomic E-state index is 12.1. The predicted octanol–water partition coefficient (Wildman–Crippen LogP) is 2.15. The first kappa shape index (κ1) is 18.5. The molecule has 2 aliphatic rings. The Morgan fingerprint density at radius 2 is 1.96 bits per heavy atom. The molecule has 0 unspecified atom stereocenters. The minimum absolute atomic E-state index is 0.0782. The molecule has 0 bridgehead atoms. The van der Waals surface area contributed by atoms with E-state index in [9.17, 15) is 13.2 Å². The third-order valence-electron chi connectivity index (χ3n) is 3.66. The minimum atomic E-state index is -3.41. The van der Waals surface area contributed by atoms with Crippen molar-refractivity contribution in [3.63, 3.8) is 0 Å². The molecule has 0 amide bonds. The Morgan fingerprint density at radius 3 is 2.73 bits per heavy atom. The van der Waals surface area contributed by atoms with Crippen molar-refractivity contribution in [1.82, 2.24) is 4.90 Å². The molecule has 26 heavy (non-hydrogen) atoms. The van der Waals surface area contributed by atoms with Gasteiger partial charge in [0.15, 0.2) is 0 Å². The van der Waals surface area contributed by atoms with Crippen LogP contribution in [-0.4, -0.2) is 50.6 Å². The highest BCUT2D eigenvalue weighted by atomic mass is 35.5. The van der Waals surface area contributed by atoms with Gasteiger partial charge in [0.25, 0.3) is 10.0 Å². The highest BCUT2D eigenvalue weighted by Gasteiger charge is 2.25. The molecule has 0 fully saturated rings. The summed E-state index contributed by atoms with van der Waals surface area (Å²) < 4.78 is 37.3. The molecule has 9 heteroatoms. The number of esters is 1. The predicted molar refractivity (Wildman–Crippen MR) is 97.7 cm³/mol. The van der Waals surface area contributed by atoms with E-state index in [4.69, 9.17) is 21.1 Å². The summed E-state index contributed by atoms with van der Waals surface area (Å²) >= 11 is 5.80. The zero-order valence-electron chi connectivity index (χ0n) is 13.8. The van der Waals surface area contributed by atoms with Gasteiger partial charge < -0.3 is 14.4 Å². The second-order valence-corrected chi connectivity index (χ2v) is 7.83. The average molecular weight is 397 g/mol. The molecule has 3 rings (SSSR count). The summed E-state index contributed by atoms with van der Waals surface area (Å²) in [4.78, 5) is 13.7. The van der Waals surface area contributed by atoms with Gasteiger partial charge in [-0.3, -0.25) is 0 Å². The van der Waals surface area contributed by atoms with Crippen LogP contribution in [0.5, 0.6) is 5.75 Å². The van der Waals surface area contributed by atoms with E-state index in [-0.39, 0.29) is 18.9 Å². The van der Waals surface area contributed by atoms with Crippen molar-refractivity contribution < 1.29 is 22.7 Å². The van der Waals surface area contributed by atoms with E-state index in [0.29, 0.717) is 35.2 Å². The van der Waals surface area contributed by atoms with Gasteiger partial charge in [-0.1, -0.05) is 11.6 Å². The van der Waals surface area contributed by atoms with Gasteiger partial charge in [-0.15, -0.1) is 4.40 Å². The number of halogens is 1. The van der Waals surface area contributed by atoms with Gasteiger partial charge in [-0.25, -0.2) is 13.2 Å². The highest BCUT2D eigenvalue weighted by Crippen LogP contribution is 2.17. The summed E-state index contributed by atoms with van der Waals surface area (Å²) in [6, 6.07) is 7.01. The van der Waals surface area contributed by atoms with Crippen LogP contribution < -0.4 is 4.74 Å². The molecule has 0 saturated carbocycles. The maximum Gasteiger partial charge on any atom is 0.339 e. The standard InChI is InChI=1S/C17H17ClN2O5S/c18-14-3-5-15(6-4-14)24-9-1-10-25-17(21)13-2-7-16-19-26(22,23)11-8-20(16)12-13/h2-7,12H,1,8-11H2. The van der Waals surface area contributed by atoms with Crippen molar-refractivity contribution in [3.05, 3.63) is 53.2 Å². The summed E-state index contributed by atoms with van der Waals surface area (Å²) in [5.41, 5.74) is 0.349. The Morgan fingerprint density at radius 1 is 1.19 bits per heavy atom. The number of carbonyl (C=O) groups is 1. The average Bonchev–Trinajstić information content (AvgIpc) is 2.61. The fraction of sp³-hybridized carbons (Fsp3) is 0.294. The molecule has 0 spiro atoms. The molecular formula is C17H17ClN2O5S. The van der Waals surface area contributed by atoms with Crippen LogP contribution in [0.1, 0.15) is 6.42 Å². The van der Waals surface area contributed by atoms with Gasteiger partial charge in [-0.2, -0.15) is 0 Å². The maximum absolute atomic E-state index is 12.1. The van der Waals surface area contributed by atoms with Crippen LogP contribution in [0.25, 0.3) is 0 Å². The van der Waals surface area contributed by atoms with Crippen molar-refractivity contribution >= 4 is 33.4 Å². The number of ether oxygens (including phenoxy) is 2. The number of hydrogen-bond donors (Lipinski definition) is 0. The van der Waals surface area contributed by atoms with Crippen molar-refractivity contribution in [1.29, 1.82) is 0 Å². The smallest absolute Gasteiger partial charge is 0.339 e. The van der Waals surface area contributed by atoms with E-state index in [1.54, 1.807) is 35.4 Å². The van der Waals surface area contributed by atoms with E-state index >= 15 is 0 Å². The summed E-state index contributed by atoms with van der Waals surface area (Å²) in [6.45, 7) is 0.884. The molecule has 0 aliphatic carbocycles. The van der Waals surface area contributed by atoms with E-state index in [2.05, 4.69) is 4.40 Å². The van der Waals surface area contributed by atoms with E-state index in [1.165, 1.54) is 12.2 Å². The second-order valence-electron chi connectivity index (χ2n) is 5.64. The SMILES string of the molecule is O=C(OCCCOc1ccc(Cl)cc1)C1=CN2CCS(=O)(=O)N=C2C=C1. The fourth-order valence-electron chi connectivity index (χ4n) is 2.35. The molecule has 0 N–H and O–H groups in total. The van der Waals surface area contributed by atoms with Gasteiger partial charge in [0, 0.05) is 24.2 Å². The zero-order chi connectivity index (χ0) is 18.6. The lowest BCUT2D eigenvalue weighted by Crippen LogP contribution is -2.37. The number of carbonyl (C=O) groups excluding carboxylic acids is 1. The molecule has 1 aromatic carbocycles. The molecule has 138 valence electrons. The quantitative estimate of drug-likeness (QED) is 0.541. The Hall–Kier alpha value is -2.32. The van der Waals surface area contributed by atoms with Gasteiger partial charge in [0.2, 0.25) is 0 Å². The molecule has 1 aromatic rings. The summed E-state index contributed by atoms with van der Waals surface area (Å²) in [5.74, 6) is 0.459. The number of hydrogen-bond acceptors (Lipinski definition) is 6. The van der Waals surface area contributed by atoms with E-state index < -0.39 is 16.0 Å². The van der Waals surface area contributed by atoms with Crippen molar-refractivity contribution in [3.8, 4) is 5.75 Å². The minimum Gasteiger partial charge on any atom is -0.493 e. The van der Waals surface area contributed by atoms with Gasteiger partial charge >= 0.3 is 5.97 Å². The molecular weight excluding hydrogens is 380 g/mol. The summed E-state index contributed by atoms with van der Waals surface area (Å²) in [5, 5.41) is 0.639. The molecule has 0 atom stereocenters. The van der Waals surface area contributed by atoms with Crippen LogP contribution >= 0.6 is 11.6 Å². The van der Waals surface area contributed by atoms with Crippen LogP contribution in [0.2, 0.25) is 5.02 Å². The van der Waals surface area contributed by atoms with Gasteiger partial charge in [-0.05, 0) is 36.4 Å². The lowest BCUT2D eigenvalue weighted by molar-refractivity contribution is -0.138. The Balaban J connectivity index is 1.44. The van der Waals surface area contributed by atoms with Crippen molar-refractivity contribution in [2.75, 3.05) is 25.5 Å². The monoisotopic (exact) mass is 396 g/mol. The van der Waals surface area contributed by atoms with E-state index in [1.807, 2.05) is 0 Å². The largest absolute Gasteiger partial charge is 0.493 e. The normalized spacial score (nSPS) is 17.8. The number of rotatable bonds is 6. The lowest BCUT2D eigenvalue weighted by atomic mass is 10.2. The van der Waals surface area contributed by atoms with Crippen LogP contribution in [0, 0.1) is 0 Å². The molecule has 2 aliphatic heterocycles. The number of amidine groups is 1. The topological polar surface area (TPSA) is 85.3 Å². The number of sulfonamides is 1. The Labute approximate surface area is 156 Å². The van der Waals surface area contributed by atoms with Crippen LogP contribution in [0.15, 0.2) is 52.6 Å². The third-order valence-corrected chi connectivity index (χ3v) is 5.08. The Bertz CT molecular complexity index is 875. The van der Waals surface area contributed by atoms with Crippen LogP contribution in [0.4, 0.5) is 0 Å². The molecule has 0 radical (unpaired) electrons. The third kappa shape index (κ3) is 4.86. The fourth-order valence-corrected chi connectivity index (χ4v) is 3.45. The molecule has 0 saturated heterocycles. The first-order chi connectivity index (χ1) is 12.4. The first-order valence-corrected chi connectivity index (χ1v) is 9.96. The Kier molecular flexibility index (Phi) is 5.63. The van der Waals surface area contributed by atoms with E-state index in [0.717, 1.165) is 0 Å². The number of benzene rings is 1. The molecule has 7 nitrogen and oxygen atoms in total. The van der Waals surface area contributed by atoms with Crippen LogP contribution in [-0.2, 0) is 19.6 Å². The van der Waals surface area contributed by atoms with Crippen molar-refractivity contribution in [2.45, 2.75) is 6.42 Å². The van der Waals surface area contributed by atoms with Crippen molar-refractivity contribution in [2.24, 2.45) is 4.40 Å².